The summed E-state index contributed by atoms with van der Waals surface area (Å²) in [6.45, 7) is 3.39. The maximum atomic E-state index is 13.5. The number of carbonyl (C=O) groups excluding carboxylic acids is 3. The van der Waals surface area contributed by atoms with Gasteiger partial charge < -0.3 is 29.9 Å². The number of rotatable bonds is 17. The molecule has 0 saturated carbocycles. The molecular formula is C29H34N8O9S. The molecule has 3 heterocycles. The number of aryl methyl sites for hydroxylation is 1. The van der Waals surface area contributed by atoms with Crippen molar-refractivity contribution in [1.82, 2.24) is 25.6 Å². The Kier molecular flexibility index (Phi) is 12.0. The number of pyridine rings is 1. The fraction of sp³-hybridized carbons (Fsp3) is 0.414. The molecule has 1 aromatic carbocycles. The number of methoxy groups -OCH3 is 1. The summed E-state index contributed by atoms with van der Waals surface area (Å²) >= 11 is 0. The van der Waals surface area contributed by atoms with Crippen molar-refractivity contribution in [1.29, 1.82) is 0 Å². The second kappa shape index (κ2) is 16.3. The van der Waals surface area contributed by atoms with E-state index in [9.17, 15) is 28.7 Å². The Hall–Kier alpha value is -5.26. The van der Waals surface area contributed by atoms with Gasteiger partial charge in [-0.2, -0.15) is 0 Å². The van der Waals surface area contributed by atoms with E-state index in [1.807, 2.05) is 0 Å². The van der Waals surface area contributed by atoms with E-state index >= 15 is 0 Å². The second-order valence-corrected chi connectivity index (χ2v) is 11.7. The lowest BCUT2D eigenvalue weighted by Crippen LogP contribution is -2.45. The first kappa shape index (κ1) is 34.6. The van der Waals surface area contributed by atoms with Crippen LogP contribution in [0.3, 0.4) is 0 Å². The molecule has 0 radical (unpaired) electrons. The van der Waals surface area contributed by atoms with Crippen molar-refractivity contribution in [2.24, 2.45) is 9.98 Å². The van der Waals surface area contributed by atoms with Gasteiger partial charge in [-0.1, -0.05) is 0 Å². The van der Waals surface area contributed by atoms with Crippen molar-refractivity contribution in [3.05, 3.63) is 51.3 Å². The summed E-state index contributed by atoms with van der Waals surface area (Å²) in [6, 6.07) is 4.14. The Balaban J connectivity index is 1.39. The highest BCUT2D eigenvalue weighted by Gasteiger charge is 2.27. The molecule has 1 aliphatic heterocycles. The van der Waals surface area contributed by atoms with Crippen LogP contribution < -0.4 is 20.1 Å². The minimum Gasteiger partial charge on any atom is -0.497 e. The lowest BCUT2D eigenvalue weighted by molar-refractivity contribution is -0.757. The Labute approximate surface area is 271 Å². The van der Waals surface area contributed by atoms with Crippen LogP contribution in [0.15, 0.2) is 39.5 Å². The van der Waals surface area contributed by atoms with Gasteiger partial charge in [0.2, 0.25) is 11.8 Å². The number of benzene rings is 1. The maximum Gasteiger partial charge on any atom is 0.334 e. The standard InChI is InChI=1S/C29H34N8O9S/c1-17-13-32-24(15-47(43)29-35-21-7-6-20(44-3)12-22(21)36-29)18(2)27(17)46-28(40)23(11-19-14-30-16-33-19)34-26(39)8-9-31-25(38)5-4-10-45-37(41)42/h6-7,12-14,23H,4-5,8-11,15-16H2,1-3H3,(H,31,38)(H,34,39)(H,35,36). The predicted octanol–water partition coefficient (Wildman–Crippen LogP) is 1.65. The van der Waals surface area contributed by atoms with Crippen molar-refractivity contribution in [3.63, 3.8) is 0 Å². The normalized spacial score (nSPS) is 13.5. The van der Waals surface area contributed by atoms with E-state index in [1.165, 1.54) is 12.4 Å². The van der Waals surface area contributed by atoms with Crippen LogP contribution in [-0.4, -0.2) is 86.9 Å². The molecule has 47 heavy (non-hydrogen) atoms. The molecule has 2 amide bonds. The van der Waals surface area contributed by atoms with Crippen LogP contribution in [-0.2, 0) is 35.8 Å². The first-order valence-electron chi connectivity index (χ1n) is 14.5. The molecule has 18 heteroatoms. The largest absolute Gasteiger partial charge is 0.497 e. The van der Waals surface area contributed by atoms with E-state index < -0.39 is 39.7 Å². The fourth-order valence-corrected chi connectivity index (χ4v) is 5.60. The number of fused-ring (bicyclic) bond motifs is 1. The van der Waals surface area contributed by atoms with Crippen LogP contribution >= 0.6 is 0 Å². The zero-order chi connectivity index (χ0) is 33.9. The number of aromatic nitrogens is 3. The van der Waals surface area contributed by atoms with Crippen molar-refractivity contribution >= 4 is 51.5 Å². The highest BCUT2D eigenvalue weighted by molar-refractivity contribution is 7.84. The lowest BCUT2D eigenvalue weighted by atomic mass is 10.1. The number of ether oxygens (including phenoxy) is 2. The predicted molar refractivity (Wildman–Crippen MR) is 169 cm³/mol. The van der Waals surface area contributed by atoms with Gasteiger partial charge in [0.1, 0.15) is 24.2 Å². The highest BCUT2D eigenvalue weighted by atomic mass is 32.2. The number of aromatic amines is 1. The van der Waals surface area contributed by atoms with E-state index in [4.69, 9.17) is 9.47 Å². The molecule has 0 fully saturated rings. The molecule has 0 aliphatic carbocycles. The number of esters is 1. The fourth-order valence-electron chi connectivity index (χ4n) is 4.50. The summed E-state index contributed by atoms with van der Waals surface area (Å²) in [6.07, 6.45) is 3.03. The van der Waals surface area contributed by atoms with Gasteiger partial charge in [0.05, 0.1) is 52.7 Å². The van der Waals surface area contributed by atoms with Gasteiger partial charge in [0, 0.05) is 55.4 Å². The SMILES string of the molecule is COc1ccc2nc(S(=O)Cc3ncc(C)c(OC(=O)C(CC4=NCN=C4)NC(=O)CCNC(=O)CCCO[N+](=O)[O-])c3C)[nH]c2c1. The van der Waals surface area contributed by atoms with Gasteiger partial charge in [-0.15, -0.1) is 10.1 Å². The van der Waals surface area contributed by atoms with Gasteiger partial charge in [-0.05, 0) is 32.4 Å². The van der Waals surface area contributed by atoms with Gasteiger partial charge in [-0.25, -0.2) is 9.78 Å². The monoisotopic (exact) mass is 670 g/mol. The van der Waals surface area contributed by atoms with Gasteiger partial charge >= 0.3 is 5.97 Å². The smallest absolute Gasteiger partial charge is 0.334 e. The Morgan fingerprint density at radius 3 is 2.72 bits per heavy atom. The quantitative estimate of drug-likeness (QED) is 0.0809. The molecule has 2 atom stereocenters. The summed E-state index contributed by atoms with van der Waals surface area (Å²) < 4.78 is 24.3. The summed E-state index contributed by atoms with van der Waals surface area (Å²) in [5, 5.41) is 14.7. The number of H-pyrrole nitrogens is 1. The topological polar surface area (TPSA) is 229 Å². The maximum absolute atomic E-state index is 13.5. The molecule has 2 unspecified atom stereocenters. The third-order valence-electron chi connectivity index (χ3n) is 6.95. The van der Waals surface area contributed by atoms with E-state index in [1.54, 1.807) is 39.2 Å². The third-order valence-corrected chi connectivity index (χ3v) is 8.11. The number of aliphatic imine (C=N–C) groups is 2. The van der Waals surface area contributed by atoms with Crippen molar-refractivity contribution in [2.45, 2.75) is 56.5 Å². The zero-order valence-electron chi connectivity index (χ0n) is 25.9. The Morgan fingerprint density at radius 1 is 1.19 bits per heavy atom. The molecular weight excluding hydrogens is 636 g/mol. The minimum absolute atomic E-state index is 0.00444. The first-order chi connectivity index (χ1) is 22.5. The van der Waals surface area contributed by atoms with Crippen molar-refractivity contribution in [2.75, 3.05) is 26.9 Å². The Bertz CT molecular complexity index is 1740. The first-order valence-corrected chi connectivity index (χ1v) is 15.8. The van der Waals surface area contributed by atoms with Crippen molar-refractivity contribution in [3.8, 4) is 11.5 Å². The van der Waals surface area contributed by atoms with Crippen LogP contribution in [0.4, 0.5) is 0 Å². The average molecular weight is 671 g/mol. The number of carbonyl (C=O) groups is 3. The van der Waals surface area contributed by atoms with Crippen LogP contribution in [0, 0.1) is 24.0 Å². The molecule has 0 saturated heterocycles. The van der Waals surface area contributed by atoms with E-state index in [0.29, 0.717) is 39.3 Å². The molecule has 3 N–H and O–H groups in total. The number of hydrogen-bond donors (Lipinski definition) is 3. The average Bonchev–Trinajstić information content (AvgIpc) is 3.72. The van der Waals surface area contributed by atoms with E-state index in [2.05, 4.69) is 40.4 Å². The van der Waals surface area contributed by atoms with Crippen LogP contribution in [0.25, 0.3) is 11.0 Å². The van der Waals surface area contributed by atoms with Gasteiger partial charge in [0.25, 0.3) is 5.09 Å². The number of nitrogens with zero attached hydrogens (tertiary/aromatic N) is 5. The van der Waals surface area contributed by atoms with Crippen molar-refractivity contribution < 1.29 is 38.0 Å². The molecule has 4 rings (SSSR count). The number of hydrogen-bond acceptors (Lipinski definition) is 13. The molecule has 2 aromatic heterocycles. The van der Waals surface area contributed by atoms with Crippen LogP contribution in [0.1, 0.15) is 42.5 Å². The minimum atomic E-state index is -1.61. The molecule has 0 bridgehead atoms. The number of imidazole rings is 1. The van der Waals surface area contributed by atoms with Crippen LogP contribution in [0.5, 0.6) is 11.5 Å². The molecule has 17 nitrogen and oxygen atoms in total. The molecule has 1 aliphatic rings. The van der Waals surface area contributed by atoms with E-state index in [0.717, 1.165) is 0 Å². The highest BCUT2D eigenvalue weighted by Crippen LogP contribution is 2.27. The number of nitrogens with one attached hydrogen (secondary N) is 3. The van der Waals surface area contributed by atoms with E-state index in [-0.39, 0.29) is 62.2 Å². The van der Waals surface area contributed by atoms with Crippen LogP contribution in [0.2, 0.25) is 0 Å². The van der Waals surface area contributed by atoms with Gasteiger partial charge in [0.15, 0.2) is 5.16 Å². The van der Waals surface area contributed by atoms with Gasteiger partial charge in [-0.3, -0.25) is 28.8 Å². The summed E-state index contributed by atoms with van der Waals surface area (Å²) in [4.78, 5) is 72.6. The number of amides is 2. The molecule has 3 aromatic rings. The lowest BCUT2D eigenvalue weighted by Gasteiger charge is -2.19. The Morgan fingerprint density at radius 2 is 2.00 bits per heavy atom. The molecule has 250 valence electrons. The third kappa shape index (κ3) is 9.86. The summed E-state index contributed by atoms with van der Waals surface area (Å²) in [7, 11) is -0.0552. The summed E-state index contributed by atoms with van der Waals surface area (Å²) in [5.74, 6) is -0.840. The molecule has 0 spiro atoms. The summed E-state index contributed by atoms with van der Waals surface area (Å²) in [5.41, 5.74) is 3.29. The zero-order valence-corrected chi connectivity index (χ0v) is 26.8. The second-order valence-electron chi connectivity index (χ2n) is 10.4.